The molecular weight excluding hydrogens is 204 g/mol. The Morgan fingerprint density at radius 3 is 2.44 bits per heavy atom. The fourth-order valence-electron chi connectivity index (χ4n) is 1.23. The fourth-order valence-corrected chi connectivity index (χ4v) is 1.23. The quantitative estimate of drug-likeness (QED) is 0.825. The van der Waals surface area contributed by atoms with Crippen LogP contribution in [0.4, 0.5) is 11.4 Å². The third-order valence-corrected chi connectivity index (χ3v) is 2.10. The smallest absolute Gasteiger partial charge is 0.250 e. The topological polar surface area (TPSA) is 41.6 Å². The van der Waals surface area contributed by atoms with Crippen LogP contribution < -0.4 is 10.2 Å². The summed E-state index contributed by atoms with van der Waals surface area (Å²) in [6, 6.07) is 7.66. The molecule has 4 heteroatoms. The van der Waals surface area contributed by atoms with Gasteiger partial charge in [-0.1, -0.05) is 0 Å². The van der Waals surface area contributed by atoms with Crippen LogP contribution in [0.5, 0.6) is 0 Å². The lowest BCUT2D eigenvalue weighted by atomic mass is 10.2. The van der Waals surface area contributed by atoms with Gasteiger partial charge in [-0.05, 0) is 31.2 Å². The van der Waals surface area contributed by atoms with Gasteiger partial charge in [0.2, 0.25) is 5.91 Å². The highest BCUT2D eigenvalue weighted by Gasteiger charge is 2.02. The molecule has 0 fully saturated rings. The first kappa shape index (κ1) is 12.5. The van der Waals surface area contributed by atoms with Gasteiger partial charge in [-0.25, -0.2) is 0 Å². The van der Waals surface area contributed by atoms with Crippen molar-refractivity contribution in [2.24, 2.45) is 0 Å². The van der Waals surface area contributed by atoms with Crippen LogP contribution in [0, 0.1) is 0 Å². The molecule has 1 N–H and O–H groups in total. The molecule has 0 atom stereocenters. The predicted molar refractivity (Wildman–Crippen MR) is 65.9 cm³/mol. The monoisotopic (exact) mass is 222 g/mol. The van der Waals surface area contributed by atoms with E-state index < -0.39 is 0 Å². The van der Waals surface area contributed by atoms with Crippen LogP contribution in [0.1, 0.15) is 6.92 Å². The van der Waals surface area contributed by atoms with Gasteiger partial charge < -0.3 is 15.0 Å². The second-order valence-electron chi connectivity index (χ2n) is 3.63. The van der Waals surface area contributed by atoms with Gasteiger partial charge in [-0.15, -0.1) is 0 Å². The van der Waals surface area contributed by atoms with Crippen molar-refractivity contribution in [2.75, 3.05) is 37.5 Å². The van der Waals surface area contributed by atoms with Crippen molar-refractivity contribution in [3.8, 4) is 0 Å². The Labute approximate surface area is 96.2 Å². The Kier molecular flexibility index (Phi) is 4.79. The number of hydrogen-bond donors (Lipinski definition) is 1. The van der Waals surface area contributed by atoms with E-state index in [1.54, 1.807) is 0 Å². The fraction of sp³-hybridized carbons (Fsp3) is 0.417. The van der Waals surface area contributed by atoms with Crippen LogP contribution in [-0.2, 0) is 9.53 Å². The molecule has 1 aromatic carbocycles. The number of rotatable bonds is 5. The maximum atomic E-state index is 11.3. The van der Waals surface area contributed by atoms with E-state index >= 15 is 0 Å². The minimum Gasteiger partial charge on any atom is -0.378 e. The summed E-state index contributed by atoms with van der Waals surface area (Å²) < 4.78 is 5.01. The molecule has 88 valence electrons. The lowest BCUT2D eigenvalue weighted by Crippen LogP contribution is -2.18. The largest absolute Gasteiger partial charge is 0.378 e. The summed E-state index contributed by atoms with van der Waals surface area (Å²) in [4.78, 5) is 13.3. The summed E-state index contributed by atoms with van der Waals surface area (Å²) in [6.07, 6.45) is 0. The summed E-state index contributed by atoms with van der Waals surface area (Å²) in [7, 11) is 3.95. The van der Waals surface area contributed by atoms with E-state index in [1.807, 2.05) is 50.2 Å². The molecule has 0 spiro atoms. The highest BCUT2D eigenvalue weighted by atomic mass is 16.5. The number of nitrogens with one attached hydrogen (secondary N) is 1. The molecule has 0 heterocycles. The van der Waals surface area contributed by atoms with Gasteiger partial charge >= 0.3 is 0 Å². The van der Waals surface area contributed by atoms with E-state index in [-0.39, 0.29) is 12.5 Å². The number of amides is 1. The second kappa shape index (κ2) is 6.12. The first-order chi connectivity index (χ1) is 7.63. The Morgan fingerprint density at radius 1 is 1.31 bits per heavy atom. The molecule has 0 aromatic heterocycles. The van der Waals surface area contributed by atoms with Crippen molar-refractivity contribution in [1.82, 2.24) is 0 Å². The molecule has 16 heavy (non-hydrogen) atoms. The highest BCUT2D eigenvalue weighted by Crippen LogP contribution is 2.15. The molecule has 1 aromatic rings. The summed E-state index contributed by atoms with van der Waals surface area (Å²) in [5.74, 6) is -0.126. The van der Waals surface area contributed by atoms with Crippen molar-refractivity contribution >= 4 is 17.3 Å². The molecule has 1 amide bonds. The number of hydrogen-bond acceptors (Lipinski definition) is 3. The molecule has 0 radical (unpaired) electrons. The summed E-state index contributed by atoms with van der Waals surface area (Å²) >= 11 is 0. The molecular formula is C12H18N2O2. The van der Waals surface area contributed by atoms with Gasteiger partial charge in [0, 0.05) is 32.1 Å². The van der Waals surface area contributed by atoms with Gasteiger partial charge in [0.25, 0.3) is 0 Å². The Morgan fingerprint density at radius 2 is 1.94 bits per heavy atom. The highest BCUT2D eigenvalue weighted by molar-refractivity contribution is 5.91. The average Bonchev–Trinajstić information content (AvgIpc) is 2.27. The zero-order valence-corrected chi connectivity index (χ0v) is 9.99. The minimum absolute atomic E-state index is 0.103. The number of nitrogens with zero attached hydrogens (tertiary/aromatic N) is 1. The maximum absolute atomic E-state index is 11.3. The van der Waals surface area contributed by atoms with Crippen molar-refractivity contribution < 1.29 is 9.53 Å². The molecule has 0 aliphatic heterocycles. The van der Waals surface area contributed by atoms with E-state index in [9.17, 15) is 4.79 Å². The van der Waals surface area contributed by atoms with E-state index in [1.165, 1.54) is 0 Å². The van der Waals surface area contributed by atoms with Gasteiger partial charge in [-0.3, -0.25) is 4.79 Å². The van der Waals surface area contributed by atoms with Crippen LogP contribution in [0.15, 0.2) is 24.3 Å². The summed E-state index contributed by atoms with van der Waals surface area (Å²) in [5, 5.41) is 2.76. The van der Waals surface area contributed by atoms with Crippen LogP contribution in [0.2, 0.25) is 0 Å². The van der Waals surface area contributed by atoms with Crippen LogP contribution in [0.3, 0.4) is 0 Å². The van der Waals surface area contributed by atoms with Crippen LogP contribution in [-0.4, -0.2) is 33.2 Å². The van der Waals surface area contributed by atoms with E-state index in [0.29, 0.717) is 6.61 Å². The molecule has 0 saturated carbocycles. The molecule has 1 rings (SSSR count). The van der Waals surface area contributed by atoms with Crippen molar-refractivity contribution in [2.45, 2.75) is 6.92 Å². The number of benzene rings is 1. The van der Waals surface area contributed by atoms with Gasteiger partial charge in [-0.2, -0.15) is 0 Å². The van der Waals surface area contributed by atoms with Gasteiger partial charge in [0.15, 0.2) is 0 Å². The Hall–Kier alpha value is -1.55. The SMILES string of the molecule is CCOCC(=O)Nc1ccc(N(C)C)cc1. The standard InChI is InChI=1S/C12H18N2O2/c1-4-16-9-12(15)13-10-5-7-11(8-6-10)14(2)3/h5-8H,4,9H2,1-3H3,(H,13,15). The molecule has 0 saturated heterocycles. The first-order valence-corrected chi connectivity index (χ1v) is 5.28. The average molecular weight is 222 g/mol. The predicted octanol–water partition coefficient (Wildman–Crippen LogP) is 1.73. The first-order valence-electron chi connectivity index (χ1n) is 5.28. The molecule has 0 unspecified atom stereocenters. The van der Waals surface area contributed by atoms with Crippen LogP contribution in [0.25, 0.3) is 0 Å². The normalized spacial score (nSPS) is 9.94. The summed E-state index contributed by atoms with van der Waals surface area (Å²) in [5.41, 5.74) is 1.89. The maximum Gasteiger partial charge on any atom is 0.250 e. The lowest BCUT2D eigenvalue weighted by molar-refractivity contribution is -0.120. The molecule has 4 nitrogen and oxygen atoms in total. The zero-order valence-electron chi connectivity index (χ0n) is 9.99. The third-order valence-electron chi connectivity index (χ3n) is 2.10. The van der Waals surface area contributed by atoms with Crippen molar-refractivity contribution in [3.05, 3.63) is 24.3 Å². The molecule has 0 aliphatic carbocycles. The van der Waals surface area contributed by atoms with Crippen LogP contribution >= 0.6 is 0 Å². The third kappa shape index (κ3) is 3.90. The van der Waals surface area contributed by atoms with Gasteiger partial charge in [0.1, 0.15) is 6.61 Å². The molecule has 0 aliphatic rings. The number of ether oxygens (including phenoxy) is 1. The Balaban J connectivity index is 2.51. The second-order valence-corrected chi connectivity index (χ2v) is 3.63. The van der Waals surface area contributed by atoms with Crippen molar-refractivity contribution in [3.63, 3.8) is 0 Å². The number of anilines is 2. The number of carbonyl (C=O) groups excluding carboxylic acids is 1. The number of carbonyl (C=O) groups is 1. The minimum atomic E-state index is -0.126. The van der Waals surface area contributed by atoms with E-state index in [2.05, 4.69) is 5.32 Å². The Bertz CT molecular complexity index is 333. The van der Waals surface area contributed by atoms with Crippen molar-refractivity contribution in [1.29, 1.82) is 0 Å². The van der Waals surface area contributed by atoms with E-state index in [4.69, 9.17) is 4.74 Å². The van der Waals surface area contributed by atoms with Gasteiger partial charge in [0.05, 0.1) is 0 Å². The van der Waals surface area contributed by atoms with E-state index in [0.717, 1.165) is 11.4 Å². The lowest BCUT2D eigenvalue weighted by Gasteiger charge is -2.13. The zero-order chi connectivity index (χ0) is 12.0. The molecule has 0 bridgehead atoms. The summed E-state index contributed by atoms with van der Waals surface area (Å²) in [6.45, 7) is 2.51.